The number of nitrogens with zero attached hydrogens (tertiary/aromatic N) is 4. The van der Waals surface area contributed by atoms with Crippen molar-refractivity contribution in [2.75, 3.05) is 44.7 Å². The van der Waals surface area contributed by atoms with Crippen LogP contribution in [0.2, 0.25) is 0 Å². The zero-order chi connectivity index (χ0) is 18.3. The molecule has 26 heavy (non-hydrogen) atoms. The molecule has 3 heterocycles. The molecule has 0 spiro atoms. The number of aromatic nitrogens is 2. The molecule has 0 amide bonds. The summed E-state index contributed by atoms with van der Waals surface area (Å²) in [4.78, 5) is 9.50. The monoisotopic (exact) mass is 352 g/mol. The van der Waals surface area contributed by atoms with Gasteiger partial charge in [-0.2, -0.15) is 0 Å². The lowest BCUT2D eigenvalue weighted by Gasteiger charge is -2.36. The molecule has 0 atom stereocenters. The molecule has 5 heteroatoms. The van der Waals surface area contributed by atoms with Crippen LogP contribution >= 0.6 is 0 Å². The Bertz CT molecular complexity index is 938. The quantitative estimate of drug-likeness (QED) is 0.719. The van der Waals surface area contributed by atoms with E-state index in [4.69, 9.17) is 4.74 Å². The average Bonchev–Trinajstić information content (AvgIpc) is 2.94. The van der Waals surface area contributed by atoms with Crippen molar-refractivity contribution in [3.8, 4) is 5.75 Å². The fraction of sp³-hybridized carbons (Fsp3) is 0.476. The Labute approximate surface area is 155 Å². The molecule has 0 radical (unpaired) electrons. The van der Waals surface area contributed by atoms with Crippen molar-refractivity contribution in [1.82, 2.24) is 14.5 Å². The lowest BCUT2D eigenvalue weighted by Crippen LogP contribution is -2.46. The summed E-state index contributed by atoms with van der Waals surface area (Å²) in [5, 5.41) is 2.54. The van der Waals surface area contributed by atoms with Crippen LogP contribution in [-0.2, 0) is 7.05 Å². The van der Waals surface area contributed by atoms with Gasteiger partial charge in [0.2, 0.25) is 0 Å². The maximum absolute atomic E-state index is 5.78. The highest BCUT2D eigenvalue weighted by molar-refractivity contribution is 6.10. The fourth-order valence-electron chi connectivity index (χ4n) is 4.31. The predicted octanol–water partition coefficient (Wildman–Crippen LogP) is 3.58. The van der Waals surface area contributed by atoms with Gasteiger partial charge < -0.3 is 14.2 Å². The van der Waals surface area contributed by atoms with E-state index in [1.165, 1.54) is 40.5 Å². The Morgan fingerprint density at radius 1 is 1.12 bits per heavy atom. The molecule has 1 fully saturated rings. The predicted molar refractivity (Wildman–Crippen MR) is 108 cm³/mol. The van der Waals surface area contributed by atoms with Gasteiger partial charge in [-0.15, -0.1) is 0 Å². The van der Waals surface area contributed by atoms with Crippen LogP contribution in [0.5, 0.6) is 5.75 Å². The van der Waals surface area contributed by atoms with Crippen LogP contribution in [-0.4, -0.2) is 54.3 Å². The summed E-state index contributed by atoms with van der Waals surface area (Å²) >= 11 is 0. The van der Waals surface area contributed by atoms with Crippen molar-refractivity contribution in [3.63, 3.8) is 0 Å². The minimum absolute atomic E-state index is 0.956. The van der Waals surface area contributed by atoms with E-state index in [-0.39, 0.29) is 0 Å². The maximum Gasteiger partial charge on any atom is 0.144 e. The molecule has 3 aromatic rings. The van der Waals surface area contributed by atoms with Crippen LogP contribution in [0.1, 0.15) is 19.0 Å². The number of hydrogen-bond donors (Lipinski definition) is 0. The zero-order valence-electron chi connectivity index (χ0n) is 16.2. The van der Waals surface area contributed by atoms with Gasteiger partial charge in [-0.05, 0) is 32.0 Å². The summed E-state index contributed by atoms with van der Waals surface area (Å²) in [6, 6.07) is 6.62. The van der Waals surface area contributed by atoms with E-state index in [9.17, 15) is 0 Å². The first kappa shape index (κ1) is 17.2. The standard InChI is InChI=1S/C21H28N4O/c1-5-8-24-9-11-25(12-10-24)19-13-17-16-6-7-22-15(2)21(16)23(3)18(17)14-20(19)26-4/h6-7,13-14H,5,8-12H2,1-4H3. The summed E-state index contributed by atoms with van der Waals surface area (Å²) in [6.45, 7) is 9.86. The van der Waals surface area contributed by atoms with Crippen LogP contribution in [0.4, 0.5) is 5.69 Å². The first-order chi connectivity index (χ1) is 12.6. The molecule has 138 valence electrons. The van der Waals surface area contributed by atoms with E-state index in [2.05, 4.69) is 58.4 Å². The second-order valence-corrected chi connectivity index (χ2v) is 7.22. The SMILES string of the molecule is CCCN1CCN(c2cc3c4ccnc(C)c4n(C)c3cc2OC)CC1. The Kier molecular flexibility index (Phi) is 4.49. The molecule has 0 saturated carbocycles. The number of piperazine rings is 1. The minimum atomic E-state index is 0.956. The molecule has 1 saturated heterocycles. The summed E-state index contributed by atoms with van der Waals surface area (Å²) in [7, 11) is 3.88. The number of hydrogen-bond acceptors (Lipinski definition) is 4. The number of benzene rings is 1. The van der Waals surface area contributed by atoms with Gasteiger partial charge in [-0.25, -0.2) is 0 Å². The topological polar surface area (TPSA) is 33.5 Å². The van der Waals surface area contributed by atoms with E-state index in [1.807, 2.05) is 6.20 Å². The molecule has 0 aliphatic carbocycles. The van der Waals surface area contributed by atoms with Gasteiger partial charge in [-0.3, -0.25) is 9.88 Å². The van der Waals surface area contributed by atoms with E-state index in [1.54, 1.807) is 7.11 Å². The van der Waals surface area contributed by atoms with E-state index < -0.39 is 0 Å². The number of aryl methyl sites for hydroxylation is 2. The second kappa shape index (κ2) is 6.80. The third-order valence-electron chi connectivity index (χ3n) is 5.64. The highest BCUT2D eigenvalue weighted by Crippen LogP contribution is 2.38. The summed E-state index contributed by atoms with van der Waals surface area (Å²) in [6.07, 6.45) is 3.13. The van der Waals surface area contributed by atoms with Gasteiger partial charge in [0.05, 0.1) is 29.5 Å². The number of fused-ring (bicyclic) bond motifs is 3. The van der Waals surface area contributed by atoms with Gasteiger partial charge in [0.25, 0.3) is 0 Å². The number of anilines is 1. The largest absolute Gasteiger partial charge is 0.495 e. The van der Waals surface area contributed by atoms with E-state index in [0.29, 0.717) is 0 Å². The van der Waals surface area contributed by atoms with Crippen LogP contribution in [0, 0.1) is 6.92 Å². The summed E-state index contributed by atoms with van der Waals surface area (Å²) in [5.74, 6) is 0.956. The first-order valence-electron chi connectivity index (χ1n) is 9.53. The number of rotatable bonds is 4. The third kappa shape index (κ3) is 2.71. The van der Waals surface area contributed by atoms with Crippen molar-refractivity contribution in [2.24, 2.45) is 7.05 Å². The van der Waals surface area contributed by atoms with Gasteiger partial charge in [0.1, 0.15) is 5.75 Å². The van der Waals surface area contributed by atoms with E-state index in [0.717, 1.165) is 37.6 Å². The molecular weight excluding hydrogens is 324 g/mol. The molecule has 0 unspecified atom stereocenters. The Hall–Kier alpha value is -2.27. The number of ether oxygens (including phenoxy) is 1. The normalized spacial score (nSPS) is 15.9. The van der Waals surface area contributed by atoms with Crippen LogP contribution < -0.4 is 9.64 Å². The second-order valence-electron chi connectivity index (χ2n) is 7.22. The molecule has 1 aromatic carbocycles. The molecule has 0 bridgehead atoms. The van der Waals surface area contributed by atoms with Gasteiger partial charge in [0, 0.05) is 56.3 Å². The maximum atomic E-state index is 5.78. The molecule has 1 aliphatic heterocycles. The molecule has 4 rings (SSSR count). The van der Waals surface area contributed by atoms with Crippen molar-refractivity contribution >= 4 is 27.5 Å². The van der Waals surface area contributed by atoms with Gasteiger partial charge >= 0.3 is 0 Å². The molecular formula is C21H28N4O. The first-order valence-corrected chi connectivity index (χ1v) is 9.53. The molecule has 0 N–H and O–H groups in total. The highest BCUT2D eigenvalue weighted by Gasteiger charge is 2.21. The average molecular weight is 352 g/mol. The zero-order valence-corrected chi connectivity index (χ0v) is 16.2. The molecule has 5 nitrogen and oxygen atoms in total. The summed E-state index contributed by atoms with van der Waals surface area (Å²) < 4.78 is 8.01. The lowest BCUT2D eigenvalue weighted by atomic mass is 10.1. The van der Waals surface area contributed by atoms with Crippen molar-refractivity contribution in [2.45, 2.75) is 20.3 Å². The van der Waals surface area contributed by atoms with E-state index >= 15 is 0 Å². The minimum Gasteiger partial charge on any atom is -0.495 e. The number of pyridine rings is 1. The van der Waals surface area contributed by atoms with Gasteiger partial charge in [-0.1, -0.05) is 6.92 Å². The Morgan fingerprint density at radius 3 is 2.58 bits per heavy atom. The van der Waals surface area contributed by atoms with Crippen LogP contribution in [0.25, 0.3) is 21.8 Å². The summed E-state index contributed by atoms with van der Waals surface area (Å²) in [5.41, 5.74) is 4.67. The fourth-order valence-corrected chi connectivity index (χ4v) is 4.31. The third-order valence-corrected chi connectivity index (χ3v) is 5.64. The van der Waals surface area contributed by atoms with Crippen molar-refractivity contribution in [1.29, 1.82) is 0 Å². The van der Waals surface area contributed by atoms with Crippen LogP contribution in [0.15, 0.2) is 24.4 Å². The smallest absolute Gasteiger partial charge is 0.144 e. The highest BCUT2D eigenvalue weighted by atomic mass is 16.5. The molecule has 2 aromatic heterocycles. The Morgan fingerprint density at radius 2 is 1.88 bits per heavy atom. The molecule has 1 aliphatic rings. The van der Waals surface area contributed by atoms with Crippen molar-refractivity contribution < 1.29 is 4.74 Å². The Balaban J connectivity index is 1.80. The van der Waals surface area contributed by atoms with Crippen LogP contribution in [0.3, 0.4) is 0 Å². The van der Waals surface area contributed by atoms with Crippen molar-refractivity contribution in [3.05, 3.63) is 30.1 Å². The van der Waals surface area contributed by atoms with Gasteiger partial charge in [0.15, 0.2) is 0 Å². The lowest BCUT2D eigenvalue weighted by molar-refractivity contribution is 0.257. The number of methoxy groups -OCH3 is 1.